The Balaban J connectivity index is 1.93. The van der Waals surface area contributed by atoms with Gasteiger partial charge in [-0.1, -0.05) is 56.5 Å². The summed E-state index contributed by atoms with van der Waals surface area (Å²) >= 11 is 1.67. The third kappa shape index (κ3) is 6.31. The number of carboxylic acid groups (broad SMARTS) is 1. The Bertz CT molecular complexity index is 995. The highest BCUT2D eigenvalue weighted by atomic mass is 32.2. The molecule has 1 N–H and O–H groups in total. The fourth-order valence-electron chi connectivity index (χ4n) is 4.25. The van der Waals surface area contributed by atoms with Crippen molar-refractivity contribution in [3.05, 3.63) is 60.2 Å². The smallest absolute Gasteiger partial charge is 0.308 e. The Morgan fingerprint density at radius 3 is 2.39 bits per heavy atom. The van der Waals surface area contributed by atoms with Crippen LogP contribution in [0.15, 0.2) is 59.5 Å². The van der Waals surface area contributed by atoms with Crippen LogP contribution >= 0.6 is 11.8 Å². The minimum Gasteiger partial charge on any atom is -0.497 e. The van der Waals surface area contributed by atoms with Crippen LogP contribution in [0.2, 0.25) is 0 Å². The van der Waals surface area contributed by atoms with Crippen molar-refractivity contribution in [2.75, 3.05) is 19.4 Å². The Labute approximate surface area is 201 Å². The van der Waals surface area contributed by atoms with Gasteiger partial charge in [0.25, 0.3) is 0 Å². The Morgan fingerprint density at radius 1 is 1.09 bits per heavy atom. The minimum absolute atomic E-state index is 0.0458. The van der Waals surface area contributed by atoms with Gasteiger partial charge < -0.3 is 9.84 Å². The van der Waals surface area contributed by atoms with E-state index in [2.05, 4.69) is 6.92 Å². The van der Waals surface area contributed by atoms with E-state index in [-0.39, 0.29) is 16.7 Å². The molecule has 8 heteroatoms. The van der Waals surface area contributed by atoms with Crippen LogP contribution in [0.3, 0.4) is 0 Å². The summed E-state index contributed by atoms with van der Waals surface area (Å²) < 4.78 is 33.9. The van der Waals surface area contributed by atoms with E-state index in [4.69, 9.17) is 4.74 Å². The maximum atomic E-state index is 13.6. The molecule has 0 radical (unpaired) electrons. The highest BCUT2D eigenvalue weighted by molar-refractivity contribution is 7.99. The molecule has 3 rings (SSSR count). The number of aliphatic carboxylic acids is 1. The van der Waals surface area contributed by atoms with Gasteiger partial charge in [-0.05, 0) is 48.4 Å². The molecule has 2 aromatic rings. The number of hydrogen-bond donors (Lipinski definition) is 1. The van der Waals surface area contributed by atoms with Crippen LogP contribution in [0, 0.1) is 5.92 Å². The monoisotopic (exact) mass is 491 g/mol. The van der Waals surface area contributed by atoms with Gasteiger partial charge in [0.05, 0.1) is 24.0 Å². The molecule has 1 aliphatic rings. The molecule has 1 heterocycles. The number of thioether (sulfide) groups is 1. The van der Waals surface area contributed by atoms with Crippen molar-refractivity contribution in [1.29, 1.82) is 0 Å². The highest BCUT2D eigenvalue weighted by Crippen LogP contribution is 2.42. The summed E-state index contributed by atoms with van der Waals surface area (Å²) in [4.78, 5) is 12.4. The highest BCUT2D eigenvalue weighted by Gasteiger charge is 2.45. The van der Waals surface area contributed by atoms with E-state index in [1.807, 2.05) is 24.3 Å². The summed E-state index contributed by atoms with van der Waals surface area (Å²) in [6.07, 6.45) is 4.95. The molecule has 0 saturated carbocycles. The molecule has 1 aliphatic heterocycles. The number of carboxylic acids is 1. The fourth-order valence-corrected chi connectivity index (χ4v) is 7.35. The summed E-state index contributed by atoms with van der Waals surface area (Å²) in [5.41, 5.74) is 0.843. The lowest BCUT2D eigenvalue weighted by Crippen LogP contribution is -2.49. The van der Waals surface area contributed by atoms with Crippen LogP contribution in [-0.4, -0.2) is 48.5 Å². The molecular weight excluding hydrogens is 458 g/mol. The quantitative estimate of drug-likeness (QED) is 0.434. The third-order valence-electron chi connectivity index (χ3n) is 6.13. The number of nitrogens with zero attached hydrogens (tertiary/aromatic N) is 1. The first-order valence-electron chi connectivity index (χ1n) is 11.4. The molecule has 0 unspecified atom stereocenters. The van der Waals surface area contributed by atoms with Crippen LogP contribution in [-0.2, 0) is 14.8 Å². The number of benzene rings is 2. The summed E-state index contributed by atoms with van der Waals surface area (Å²) in [5.74, 6) is -0.121. The van der Waals surface area contributed by atoms with Crippen molar-refractivity contribution in [2.24, 2.45) is 5.92 Å². The molecule has 33 heavy (non-hydrogen) atoms. The number of sulfonamides is 1. The van der Waals surface area contributed by atoms with E-state index in [1.165, 1.54) is 10.7 Å². The van der Waals surface area contributed by atoms with Crippen LogP contribution in [0.5, 0.6) is 5.75 Å². The molecule has 0 aromatic heterocycles. The molecule has 0 bridgehead atoms. The van der Waals surface area contributed by atoms with Gasteiger partial charge in [-0.15, -0.1) is 0 Å². The normalized spacial score (nSPS) is 21.6. The first kappa shape index (κ1) is 25.6. The van der Waals surface area contributed by atoms with Crippen LogP contribution < -0.4 is 4.74 Å². The second-order valence-electron chi connectivity index (χ2n) is 8.33. The van der Waals surface area contributed by atoms with E-state index in [0.717, 1.165) is 30.6 Å². The van der Waals surface area contributed by atoms with E-state index in [0.29, 0.717) is 12.2 Å². The van der Waals surface area contributed by atoms with Gasteiger partial charge in [-0.3, -0.25) is 4.79 Å². The third-order valence-corrected chi connectivity index (χ3v) is 9.49. The molecule has 0 amide bonds. The van der Waals surface area contributed by atoms with Crippen molar-refractivity contribution in [3.8, 4) is 5.75 Å². The number of methoxy groups -OCH3 is 1. The fraction of sp³-hybridized carbons (Fsp3) is 0.480. The SMILES string of the molecule is CCCCCCS[C@@H]1C[C@@H](c2ccc(OC)cc2)N(S(=O)(=O)c2ccccc2)C[C@H]1C(=O)O. The molecule has 1 fully saturated rings. The van der Waals surface area contributed by atoms with Crippen molar-refractivity contribution in [2.45, 2.75) is 55.2 Å². The standard InChI is InChI=1S/C25H33NO5S2/c1-3-4-5-9-16-32-24-17-23(19-12-14-20(31-2)15-13-19)26(18-22(24)25(27)28)33(29,30)21-10-7-6-8-11-21/h6-8,10-15,22-24H,3-5,9,16-18H2,1-2H3,(H,27,28)/t22-,23+,24-/m1/s1. The van der Waals surface area contributed by atoms with Crippen LogP contribution in [0.1, 0.15) is 50.6 Å². The second kappa shape index (κ2) is 11.9. The summed E-state index contributed by atoms with van der Waals surface area (Å²) in [7, 11) is -2.28. The summed E-state index contributed by atoms with van der Waals surface area (Å²) in [6, 6.07) is 15.2. The Morgan fingerprint density at radius 2 is 1.79 bits per heavy atom. The minimum atomic E-state index is -3.87. The predicted octanol–water partition coefficient (Wildman–Crippen LogP) is 5.21. The lowest BCUT2D eigenvalue weighted by atomic mass is 9.90. The lowest BCUT2D eigenvalue weighted by Gasteiger charge is -2.41. The van der Waals surface area contributed by atoms with E-state index in [9.17, 15) is 18.3 Å². The number of ether oxygens (including phenoxy) is 1. The molecule has 180 valence electrons. The molecule has 1 saturated heterocycles. The largest absolute Gasteiger partial charge is 0.497 e. The maximum absolute atomic E-state index is 13.6. The maximum Gasteiger partial charge on any atom is 0.308 e. The zero-order valence-corrected chi connectivity index (χ0v) is 20.9. The second-order valence-corrected chi connectivity index (χ2v) is 11.6. The van der Waals surface area contributed by atoms with Gasteiger partial charge in [-0.25, -0.2) is 8.42 Å². The van der Waals surface area contributed by atoms with Gasteiger partial charge >= 0.3 is 5.97 Å². The van der Waals surface area contributed by atoms with Crippen LogP contribution in [0.4, 0.5) is 0 Å². The topological polar surface area (TPSA) is 83.9 Å². The number of carbonyl (C=O) groups is 1. The van der Waals surface area contributed by atoms with E-state index < -0.39 is 28.0 Å². The van der Waals surface area contributed by atoms with Crippen molar-refractivity contribution >= 4 is 27.8 Å². The average molecular weight is 492 g/mol. The molecule has 0 aliphatic carbocycles. The van der Waals surface area contributed by atoms with Crippen molar-refractivity contribution in [3.63, 3.8) is 0 Å². The molecule has 2 aromatic carbocycles. The van der Waals surface area contributed by atoms with Gasteiger partial charge in [0.2, 0.25) is 10.0 Å². The predicted molar refractivity (Wildman–Crippen MR) is 132 cm³/mol. The number of rotatable bonds is 11. The van der Waals surface area contributed by atoms with Gasteiger partial charge in [0.15, 0.2) is 0 Å². The van der Waals surface area contributed by atoms with E-state index >= 15 is 0 Å². The summed E-state index contributed by atoms with van der Waals surface area (Å²) in [5, 5.41) is 9.82. The lowest BCUT2D eigenvalue weighted by molar-refractivity contribution is -0.143. The Kier molecular flexibility index (Phi) is 9.23. The van der Waals surface area contributed by atoms with E-state index in [1.54, 1.807) is 49.2 Å². The average Bonchev–Trinajstić information content (AvgIpc) is 2.84. The van der Waals surface area contributed by atoms with Crippen LogP contribution in [0.25, 0.3) is 0 Å². The zero-order valence-electron chi connectivity index (χ0n) is 19.2. The van der Waals surface area contributed by atoms with Gasteiger partial charge in [0, 0.05) is 11.8 Å². The number of piperidine rings is 1. The van der Waals surface area contributed by atoms with Crippen molar-refractivity contribution < 1.29 is 23.1 Å². The molecular formula is C25H33NO5S2. The first-order chi connectivity index (χ1) is 15.9. The summed E-state index contributed by atoms with van der Waals surface area (Å²) in [6.45, 7) is 2.12. The number of hydrogen-bond acceptors (Lipinski definition) is 5. The molecule has 6 nitrogen and oxygen atoms in total. The zero-order chi connectivity index (χ0) is 23.8. The molecule has 0 spiro atoms. The molecule has 3 atom stereocenters. The van der Waals surface area contributed by atoms with Gasteiger partial charge in [-0.2, -0.15) is 16.1 Å². The number of unbranched alkanes of at least 4 members (excludes halogenated alkanes) is 3. The first-order valence-corrected chi connectivity index (χ1v) is 13.9. The van der Waals surface area contributed by atoms with Gasteiger partial charge in [0.1, 0.15) is 5.75 Å². The Hall–Kier alpha value is -2.03. The van der Waals surface area contributed by atoms with Crippen molar-refractivity contribution in [1.82, 2.24) is 4.31 Å².